The van der Waals surface area contributed by atoms with Gasteiger partial charge in [0.15, 0.2) is 5.78 Å². The van der Waals surface area contributed by atoms with Crippen molar-refractivity contribution in [2.45, 2.75) is 6.10 Å². The lowest BCUT2D eigenvalue weighted by Gasteiger charge is -2.04. The molecule has 0 spiro atoms. The minimum Gasteiger partial charge on any atom is -0.384 e. The standard InChI is InChI=1S/C14H12O2/c1-3-5-13(15)11-7-9-12(10-8-11)14(16)6-4-2/h5-10,13,15H,1-2H2. The maximum Gasteiger partial charge on any atom is 0.193 e. The highest BCUT2D eigenvalue weighted by Gasteiger charge is 2.05. The van der Waals surface area contributed by atoms with E-state index in [1.165, 1.54) is 12.2 Å². The van der Waals surface area contributed by atoms with Gasteiger partial charge in [0, 0.05) is 11.6 Å². The maximum atomic E-state index is 11.4. The molecule has 0 aliphatic rings. The van der Waals surface area contributed by atoms with E-state index in [-0.39, 0.29) is 5.78 Å². The molecule has 2 heteroatoms. The Morgan fingerprint density at radius 1 is 1.25 bits per heavy atom. The van der Waals surface area contributed by atoms with E-state index in [2.05, 4.69) is 24.6 Å². The van der Waals surface area contributed by atoms with Crippen molar-refractivity contribution < 1.29 is 9.90 Å². The van der Waals surface area contributed by atoms with Crippen LogP contribution in [0.4, 0.5) is 0 Å². The first-order valence-corrected chi connectivity index (χ1v) is 4.73. The molecule has 1 aromatic carbocycles. The third kappa shape index (κ3) is 2.94. The first-order valence-electron chi connectivity index (χ1n) is 4.73. The van der Waals surface area contributed by atoms with Crippen LogP contribution in [-0.4, -0.2) is 10.9 Å². The molecule has 1 atom stereocenters. The first kappa shape index (κ1) is 12.0. The topological polar surface area (TPSA) is 37.3 Å². The van der Waals surface area contributed by atoms with Crippen LogP contribution in [0.25, 0.3) is 0 Å². The van der Waals surface area contributed by atoms with E-state index in [0.29, 0.717) is 11.1 Å². The smallest absolute Gasteiger partial charge is 0.193 e. The number of aliphatic hydroxyl groups excluding tert-OH is 1. The SMILES string of the molecule is C=C=CC(=O)c1ccc(C(O)C=C=C)cc1. The average Bonchev–Trinajstić information content (AvgIpc) is 2.30. The van der Waals surface area contributed by atoms with Gasteiger partial charge in [-0.05, 0) is 11.6 Å². The zero-order valence-corrected chi connectivity index (χ0v) is 8.81. The fourth-order valence-electron chi connectivity index (χ4n) is 1.23. The highest BCUT2D eigenvalue weighted by atomic mass is 16.3. The fourth-order valence-corrected chi connectivity index (χ4v) is 1.23. The molecule has 1 unspecified atom stereocenters. The van der Waals surface area contributed by atoms with Crippen molar-refractivity contribution in [1.82, 2.24) is 0 Å². The van der Waals surface area contributed by atoms with E-state index in [1.807, 2.05) is 0 Å². The molecular formula is C14H12O2. The molecule has 0 aliphatic carbocycles. The van der Waals surface area contributed by atoms with Gasteiger partial charge >= 0.3 is 0 Å². The molecule has 0 radical (unpaired) electrons. The second kappa shape index (κ2) is 5.69. The first-order chi connectivity index (χ1) is 7.69. The predicted octanol–water partition coefficient (Wildman–Crippen LogP) is 2.58. The number of hydrogen-bond donors (Lipinski definition) is 1. The Hall–Kier alpha value is -2.11. The highest BCUT2D eigenvalue weighted by molar-refractivity contribution is 6.04. The second-order valence-corrected chi connectivity index (χ2v) is 3.15. The van der Waals surface area contributed by atoms with Gasteiger partial charge in [-0.3, -0.25) is 4.79 Å². The zero-order chi connectivity index (χ0) is 12.0. The number of aliphatic hydroxyl groups is 1. The maximum absolute atomic E-state index is 11.4. The lowest BCUT2D eigenvalue weighted by molar-refractivity contribution is 0.104. The van der Waals surface area contributed by atoms with Crippen LogP contribution in [0.15, 0.2) is 61.0 Å². The number of carbonyl (C=O) groups is 1. The van der Waals surface area contributed by atoms with Crippen molar-refractivity contribution >= 4 is 5.78 Å². The molecule has 0 heterocycles. The highest BCUT2D eigenvalue weighted by Crippen LogP contribution is 2.14. The van der Waals surface area contributed by atoms with Crippen LogP contribution < -0.4 is 0 Å². The van der Waals surface area contributed by atoms with Crippen LogP contribution in [0, 0.1) is 0 Å². The van der Waals surface area contributed by atoms with E-state index in [4.69, 9.17) is 0 Å². The second-order valence-electron chi connectivity index (χ2n) is 3.15. The molecular weight excluding hydrogens is 200 g/mol. The van der Waals surface area contributed by atoms with Crippen molar-refractivity contribution in [2.24, 2.45) is 0 Å². The summed E-state index contributed by atoms with van der Waals surface area (Å²) in [5, 5.41) is 9.58. The molecule has 0 amide bonds. The number of benzene rings is 1. The molecule has 80 valence electrons. The number of carbonyl (C=O) groups excluding carboxylic acids is 1. The normalized spacial score (nSPS) is 10.8. The average molecular weight is 212 g/mol. The Morgan fingerprint density at radius 2 is 1.88 bits per heavy atom. The van der Waals surface area contributed by atoms with Gasteiger partial charge in [0.25, 0.3) is 0 Å². The molecule has 1 rings (SSSR count). The van der Waals surface area contributed by atoms with Gasteiger partial charge in [-0.2, -0.15) is 0 Å². The molecule has 0 saturated carbocycles. The quantitative estimate of drug-likeness (QED) is 0.473. The summed E-state index contributed by atoms with van der Waals surface area (Å²) in [6.45, 7) is 6.72. The van der Waals surface area contributed by atoms with Crippen molar-refractivity contribution in [2.75, 3.05) is 0 Å². The van der Waals surface area contributed by atoms with Gasteiger partial charge in [0.2, 0.25) is 0 Å². The van der Waals surface area contributed by atoms with Gasteiger partial charge in [-0.1, -0.05) is 37.4 Å². The number of ketones is 1. The van der Waals surface area contributed by atoms with Crippen molar-refractivity contribution in [3.05, 3.63) is 72.2 Å². The van der Waals surface area contributed by atoms with E-state index < -0.39 is 6.10 Å². The molecule has 0 fully saturated rings. The number of allylic oxidation sites excluding steroid dienone is 1. The van der Waals surface area contributed by atoms with Crippen LogP contribution in [-0.2, 0) is 0 Å². The Bertz CT molecular complexity index is 470. The third-order valence-electron chi connectivity index (χ3n) is 2.05. The van der Waals surface area contributed by atoms with Crippen LogP contribution in [0.3, 0.4) is 0 Å². The summed E-state index contributed by atoms with van der Waals surface area (Å²) in [5.41, 5.74) is 6.16. The molecule has 1 aromatic rings. The lowest BCUT2D eigenvalue weighted by atomic mass is 10.0. The van der Waals surface area contributed by atoms with Crippen molar-refractivity contribution in [3.63, 3.8) is 0 Å². The summed E-state index contributed by atoms with van der Waals surface area (Å²) in [5.74, 6) is -0.157. The predicted molar refractivity (Wildman–Crippen MR) is 63.2 cm³/mol. The third-order valence-corrected chi connectivity index (χ3v) is 2.05. The van der Waals surface area contributed by atoms with Crippen LogP contribution >= 0.6 is 0 Å². The summed E-state index contributed by atoms with van der Waals surface area (Å²) in [6, 6.07) is 6.66. The zero-order valence-electron chi connectivity index (χ0n) is 8.81. The molecule has 0 bridgehead atoms. The minimum absolute atomic E-state index is 0.157. The van der Waals surface area contributed by atoms with Gasteiger partial charge in [-0.25, -0.2) is 0 Å². The largest absolute Gasteiger partial charge is 0.384 e. The van der Waals surface area contributed by atoms with E-state index in [9.17, 15) is 9.90 Å². The van der Waals surface area contributed by atoms with E-state index in [0.717, 1.165) is 0 Å². The van der Waals surface area contributed by atoms with Gasteiger partial charge in [0.1, 0.15) is 6.10 Å². The molecule has 16 heavy (non-hydrogen) atoms. The summed E-state index contributed by atoms with van der Waals surface area (Å²) in [6.07, 6.45) is 1.98. The van der Waals surface area contributed by atoms with Crippen molar-refractivity contribution in [3.8, 4) is 0 Å². The summed E-state index contributed by atoms with van der Waals surface area (Å²) >= 11 is 0. The summed E-state index contributed by atoms with van der Waals surface area (Å²) in [4.78, 5) is 11.4. The van der Waals surface area contributed by atoms with E-state index in [1.54, 1.807) is 24.3 Å². The lowest BCUT2D eigenvalue weighted by Crippen LogP contribution is -1.96. The van der Waals surface area contributed by atoms with Gasteiger partial charge < -0.3 is 5.11 Å². The Kier molecular flexibility index (Phi) is 4.26. The summed E-state index contributed by atoms with van der Waals surface area (Å²) in [7, 11) is 0. The minimum atomic E-state index is -0.739. The molecule has 0 aliphatic heterocycles. The Morgan fingerprint density at radius 3 is 2.38 bits per heavy atom. The molecule has 0 aromatic heterocycles. The molecule has 2 nitrogen and oxygen atoms in total. The molecule has 0 saturated heterocycles. The van der Waals surface area contributed by atoms with Crippen molar-refractivity contribution in [1.29, 1.82) is 0 Å². The van der Waals surface area contributed by atoms with Crippen LogP contribution in [0.5, 0.6) is 0 Å². The fraction of sp³-hybridized carbons (Fsp3) is 0.0714. The van der Waals surface area contributed by atoms with Crippen LogP contribution in [0.2, 0.25) is 0 Å². The summed E-state index contributed by atoms with van der Waals surface area (Å²) < 4.78 is 0. The Balaban J connectivity index is 2.94. The molecule has 1 N–H and O–H groups in total. The van der Waals surface area contributed by atoms with E-state index >= 15 is 0 Å². The monoisotopic (exact) mass is 212 g/mol. The van der Waals surface area contributed by atoms with Crippen LogP contribution in [0.1, 0.15) is 22.0 Å². The number of hydrogen-bond acceptors (Lipinski definition) is 2. The number of rotatable bonds is 4. The van der Waals surface area contributed by atoms with Gasteiger partial charge in [0.05, 0.1) is 0 Å². The Labute approximate surface area is 94.5 Å². The van der Waals surface area contributed by atoms with Gasteiger partial charge in [-0.15, -0.1) is 11.5 Å².